The Bertz CT molecular complexity index is 909. The Kier molecular flexibility index (Phi) is 2.38. The van der Waals surface area contributed by atoms with Crippen LogP contribution >= 0.6 is 0 Å². The van der Waals surface area contributed by atoms with Crippen LogP contribution < -0.4 is 10.5 Å². The van der Waals surface area contributed by atoms with E-state index in [9.17, 15) is 4.79 Å². The third-order valence-electron chi connectivity index (χ3n) is 3.71. The molecule has 1 aliphatic rings. The van der Waals surface area contributed by atoms with Crippen molar-refractivity contribution >= 4 is 11.5 Å². The number of nitrogens with zero attached hydrogens (tertiary/aromatic N) is 5. The lowest BCUT2D eigenvalue weighted by Crippen LogP contribution is -2.20. The van der Waals surface area contributed by atoms with Gasteiger partial charge >= 0.3 is 0 Å². The first-order valence-corrected chi connectivity index (χ1v) is 6.76. The third-order valence-corrected chi connectivity index (χ3v) is 3.71. The van der Waals surface area contributed by atoms with Crippen LogP contribution in [-0.4, -0.2) is 24.6 Å². The van der Waals surface area contributed by atoms with E-state index in [4.69, 9.17) is 0 Å². The van der Waals surface area contributed by atoms with Gasteiger partial charge in [0.05, 0.1) is 36.4 Å². The lowest BCUT2D eigenvalue weighted by Gasteiger charge is -2.18. The molecule has 1 N–H and O–H groups in total. The van der Waals surface area contributed by atoms with Gasteiger partial charge in [0, 0.05) is 17.8 Å². The zero-order valence-corrected chi connectivity index (χ0v) is 11.8. The van der Waals surface area contributed by atoms with Crippen molar-refractivity contribution in [2.45, 2.75) is 26.9 Å². The van der Waals surface area contributed by atoms with Crippen molar-refractivity contribution in [2.75, 3.05) is 4.90 Å². The molecule has 7 nitrogen and oxygen atoms in total. The molecule has 0 saturated heterocycles. The molecule has 3 aromatic heterocycles. The molecule has 0 bridgehead atoms. The highest BCUT2D eigenvalue weighted by molar-refractivity contribution is 5.53. The molecule has 0 aromatic carbocycles. The van der Waals surface area contributed by atoms with Gasteiger partial charge in [0.1, 0.15) is 5.82 Å². The lowest BCUT2D eigenvalue weighted by atomic mass is 10.3. The molecule has 1 aliphatic heterocycles. The summed E-state index contributed by atoms with van der Waals surface area (Å²) in [6, 6.07) is 3.93. The highest BCUT2D eigenvalue weighted by Crippen LogP contribution is 2.26. The quantitative estimate of drug-likeness (QED) is 0.719. The fourth-order valence-electron chi connectivity index (χ4n) is 2.77. The van der Waals surface area contributed by atoms with Crippen LogP contribution in [0.1, 0.15) is 22.6 Å². The zero-order chi connectivity index (χ0) is 14.6. The van der Waals surface area contributed by atoms with Crippen LogP contribution in [0.5, 0.6) is 0 Å². The number of aryl methyl sites for hydroxylation is 2. The second kappa shape index (κ2) is 4.15. The summed E-state index contributed by atoms with van der Waals surface area (Å²) in [5, 5.41) is 4.49. The number of anilines is 1. The number of H-pyrrole nitrogens is 1. The fraction of sp³-hybridized carbons (Fsp3) is 0.286. The Balaban J connectivity index is 1.86. The van der Waals surface area contributed by atoms with Gasteiger partial charge in [-0.1, -0.05) is 0 Å². The summed E-state index contributed by atoms with van der Waals surface area (Å²) < 4.78 is 1.82. The predicted octanol–water partition coefficient (Wildman–Crippen LogP) is 0.950. The molecule has 0 spiro atoms. The number of aromatic amines is 1. The minimum absolute atomic E-state index is 0.0684. The van der Waals surface area contributed by atoms with Crippen molar-refractivity contribution in [3.05, 3.63) is 51.5 Å². The molecule has 0 atom stereocenters. The highest BCUT2D eigenvalue weighted by atomic mass is 16.1. The van der Waals surface area contributed by atoms with Gasteiger partial charge in [0.15, 0.2) is 5.65 Å². The van der Waals surface area contributed by atoms with E-state index in [-0.39, 0.29) is 5.56 Å². The summed E-state index contributed by atoms with van der Waals surface area (Å²) in [5.41, 5.74) is 4.15. The monoisotopic (exact) mass is 282 g/mol. The van der Waals surface area contributed by atoms with Gasteiger partial charge in [-0.2, -0.15) is 9.61 Å². The van der Waals surface area contributed by atoms with Crippen LogP contribution in [0.15, 0.2) is 23.3 Å². The maximum Gasteiger partial charge on any atom is 0.256 e. The number of fused-ring (bicyclic) bond motifs is 2. The second-order valence-corrected chi connectivity index (χ2v) is 5.32. The van der Waals surface area contributed by atoms with E-state index >= 15 is 0 Å². The van der Waals surface area contributed by atoms with Crippen molar-refractivity contribution in [1.82, 2.24) is 24.6 Å². The number of nitrogens with one attached hydrogen (secondary N) is 1. The number of hydrogen-bond acceptors (Lipinski definition) is 5. The molecule has 0 fully saturated rings. The topological polar surface area (TPSA) is 79.2 Å². The Morgan fingerprint density at radius 2 is 2.05 bits per heavy atom. The molecule has 3 aromatic rings. The largest absolute Gasteiger partial charge is 0.346 e. The van der Waals surface area contributed by atoms with Crippen LogP contribution in [-0.2, 0) is 13.1 Å². The molecular formula is C14H14N6O. The van der Waals surface area contributed by atoms with E-state index < -0.39 is 0 Å². The standard InChI is InChI=1S/C14H14N6O/c1-8-4-13(20-12(17-8)3-9(2)18-20)19-5-10-11(6-19)15-7-16-14(10)21/h3-4,7H,5-6H2,1-2H3,(H,15,16,21). The Hall–Kier alpha value is -2.70. The van der Waals surface area contributed by atoms with E-state index in [1.54, 1.807) is 0 Å². The van der Waals surface area contributed by atoms with Crippen LogP contribution in [0, 0.1) is 13.8 Å². The Morgan fingerprint density at radius 1 is 1.19 bits per heavy atom. The summed E-state index contributed by atoms with van der Waals surface area (Å²) in [7, 11) is 0. The van der Waals surface area contributed by atoms with Gasteiger partial charge in [-0.25, -0.2) is 9.97 Å². The smallest absolute Gasteiger partial charge is 0.256 e. The van der Waals surface area contributed by atoms with E-state index in [0.717, 1.165) is 34.1 Å². The normalized spacial score (nSPS) is 13.9. The van der Waals surface area contributed by atoms with Crippen molar-refractivity contribution in [3.8, 4) is 0 Å². The van der Waals surface area contributed by atoms with Gasteiger partial charge < -0.3 is 9.88 Å². The number of aromatic nitrogens is 5. The highest BCUT2D eigenvalue weighted by Gasteiger charge is 2.25. The molecule has 0 amide bonds. The number of rotatable bonds is 1. The van der Waals surface area contributed by atoms with Gasteiger partial charge in [0.2, 0.25) is 0 Å². The first-order chi connectivity index (χ1) is 10.1. The average Bonchev–Trinajstić information content (AvgIpc) is 3.01. The predicted molar refractivity (Wildman–Crippen MR) is 77.2 cm³/mol. The average molecular weight is 282 g/mol. The van der Waals surface area contributed by atoms with E-state index in [1.165, 1.54) is 6.33 Å². The summed E-state index contributed by atoms with van der Waals surface area (Å²) in [6.45, 7) is 5.05. The van der Waals surface area contributed by atoms with Crippen molar-refractivity contribution in [3.63, 3.8) is 0 Å². The molecular weight excluding hydrogens is 268 g/mol. The molecule has 4 rings (SSSR count). The second-order valence-electron chi connectivity index (χ2n) is 5.32. The minimum atomic E-state index is -0.0684. The zero-order valence-electron chi connectivity index (χ0n) is 11.8. The van der Waals surface area contributed by atoms with Crippen molar-refractivity contribution < 1.29 is 0 Å². The maximum absolute atomic E-state index is 11.9. The summed E-state index contributed by atoms with van der Waals surface area (Å²) >= 11 is 0. The fourth-order valence-corrected chi connectivity index (χ4v) is 2.77. The van der Waals surface area contributed by atoms with Gasteiger partial charge in [0.25, 0.3) is 5.56 Å². The molecule has 0 unspecified atom stereocenters. The SMILES string of the molecule is Cc1cc(N2Cc3nc[nH]c(=O)c3C2)n2nc(C)cc2n1. The Labute approximate surface area is 120 Å². The lowest BCUT2D eigenvalue weighted by molar-refractivity contribution is 0.790. The molecule has 0 aliphatic carbocycles. The molecule has 0 saturated carbocycles. The minimum Gasteiger partial charge on any atom is -0.346 e. The van der Waals surface area contributed by atoms with Crippen LogP contribution in [0.25, 0.3) is 5.65 Å². The first-order valence-electron chi connectivity index (χ1n) is 6.76. The summed E-state index contributed by atoms with van der Waals surface area (Å²) in [6.07, 6.45) is 1.45. The van der Waals surface area contributed by atoms with Crippen LogP contribution in [0.2, 0.25) is 0 Å². The van der Waals surface area contributed by atoms with E-state index in [2.05, 4.69) is 25.0 Å². The third kappa shape index (κ3) is 1.81. The van der Waals surface area contributed by atoms with Crippen molar-refractivity contribution in [2.24, 2.45) is 0 Å². The van der Waals surface area contributed by atoms with Gasteiger partial charge in [-0.05, 0) is 13.8 Å². The molecule has 4 heterocycles. The first kappa shape index (κ1) is 12.1. The summed E-state index contributed by atoms with van der Waals surface area (Å²) in [4.78, 5) is 25.3. The summed E-state index contributed by atoms with van der Waals surface area (Å²) in [5.74, 6) is 0.933. The van der Waals surface area contributed by atoms with Crippen molar-refractivity contribution in [1.29, 1.82) is 0 Å². The molecule has 21 heavy (non-hydrogen) atoms. The van der Waals surface area contributed by atoms with Crippen LogP contribution in [0.3, 0.4) is 0 Å². The Morgan fingerprint density at radius 3 is 2.86 bits per heavy atom. The van der Waals surface area contributed by atoms with Gasteiger partial charge in [-0.3, -0.25) is 4.79 Å². The van der Waals surface area contributed by atoms with Crippen LogP contribution in [0.4, 0.5) is 5.82 Å². The molecule has 106 valence electrons. The van der Waals surface area contributed by atoms with E-state index in [1.807, 2.05) is 30.5 Å². The number of hydrogen-bond donors (Lipinski definition) is 1. The van der Waals surface area contributed by atoms with E-state index in [0.29, 0.717) is 13.1 Å². The molecule has 0 radical (unpaired) electrons. The molecule has 7 heteroatoms. The maximum atomic E-state index is 11.9. The van der Waals surface area contributed by atoms with Gasteiger partial charge in [-0.15, -0.1) is 0 Å².